The van der Waals surface area contributed by atoms with E-state index in [1.807, 2.05) is 67.6 Å². The number of allylic oxidation sites excluding steroid dienone is 1. The Balaban J connectivity index is 2.08. The van der Waals surface area contributed by atoms with Crippen molar-refractivity contribution in [2.75, 3.05) is 0 Å². The first-order chi connectivity index (χ1) is 12.1. The van der Waals surface area contributed by atoms with Gasteiger partial charge in [0.15, 0.2) is 0 Å². The second kappa shape index (κ2) is 7.40. The third-order valence-electron chi connectivity index (χ3n) is 4.78. The van der Waals surface area contributed by atoms with Crippen LogP contribution in [-0.4, -0.2) is 5.54 Å². The van der Waals surface area contributed by atoms with Crippen molar-refractivity contribution in [2.45, 2.75) is 38.1 Å². The molecule has 0 saturated carbocycles. The minimum absolute atomic E-state index is 0.721. The minimum Gasteiger partial charge on any atom is -0.296 e. The molecule has 2 aromatic carbocycles. The fourth-order valence-corrected chi connectivity index (χ4v) is 5.89. The van der Waals surface area contributed by atoms with Crippen molar-refractivity contribution < 1.29 is 4.57 Å². The van der Waals surface area contributed by atoms with E-state index in [0.29, 0.717) is 0 Å². The summed E-state index contributed by atoms with van der Waals surface area (Å²) < 4.78 is 14.1. The summed E-state index contributed by atoms with van der Waals surface area (Å²) in [7, 11) is -3.14. The maximum absolute atomic E-state index is 14.1. The minimum atomic E-state index is -3.14. The highest BCUT2D eigenvalue weighted by atomic mass is 31.2. The van der Waals surface area contributed by atoms with Gasteiger partial charge in [-0.1, -0.05) is 42.5 Å². The first-order valence-corrected chi connectivity index (χ1v) is 10.4. The Kier molecular flexibility index (Phi) is 5.23. The lowest BCUT2D eigenvalue weighted by Gasteiger charge is -2.33. The quantitative estimate of drug-likeness (QED) is 0.646. The molecule has 0 spiro atoms. The van der Waals surface area contributed by atoms with Crippen LogP contribution in [0.3, 0.4) is 0 Å². The number of nitriles is 1. The molecule has 0 aromatic heterocycles. The summed E-state index contributed by atoms with van der Waals surface area (Å²) in [6.45, 7) is 1.85. The summed E-state index contributed by atoms with van der Waals surface area (Å²) in [4.78, 5) is 0. The molecule has 3 rings (SSSR count). The van der Waals surface area contributed by atoms with E-state index in [9.17, 15) is 9.83 Å². The molecule has 1 aliphatic carbocycles. The van der Waals surface area contributed by atoms with Crippen LogP contribution in [0.4, 0.5) is 0 Å². The molecule has 0 saturated heterocycles. The van der Waals surface area contributed by atoms with Crippen molar-refractivity contribution in [3.8, 4) is 6.07 Å². The molecule has 0 amide bonds. The van der Waals surface area contributed by atoms with Crippen LogP contribution >= 0.6 is 7.29 Å². The Morgan fingerprint density at radius 1 is 1.00 bits per heavy atom. The largest absolute Gasteiger partial charge is 0.296 e. The maximum atomic E-state index is 14.1. The van der Waals surface area contributed by atoms with Gasteiger partial charge in [0.1, 0.15) is 5.54 Å². The van der Waals surface area contributed by atoms with Crippen molar-refractivity contribution in [3.63, 3.8) is 0 Å². The van der Waals surface area contributed by atoms with Crippen LogP contribution < -0.4 is 15.7 Å². The van der Waals surface area contributed by atoms with E-state index in [2.05, 4.69) is 17.2 Å². The molecule has 3 nitrogen and oxygen atoms in total. The zero-order valence-corrected chi connectivity index (χ0v) is 15.4. The highest BCUT2D eigenvalue weighted by Gasteiger charge is 2.39. The average Bonchev–Trinajstić information content (AvgIpc) is 2.70. The number of nitrogens with zero attached hydrogens (tertiary/aromatic N) is 1. The van der Waals surface area contributed by atoms with Gasteiger partial charge in [0.25, 0.3) is 0 Å². The average molecular weight is 350 g/mol. The van der Waals surface area contributed by atoms with Crippen LogP contribution in [0.1, 0.15) is 32.6 Å². The van der Waals surface area contributed by atoms with Gasteiger partial charge in [0.2, 0.25) is 7.29 Å². The summed E-state index contributed by atoms with van der Waals surface area (Å²) >= 11 is 0. The van der Waals surface area contributed by atoms with Crippen LogP contribution in [-0.2, 0) is 4.57 Å². The highest BCUT2D eigenvalue weighted by Crippen LogP contribution is 2.43. The Morgan fingerprint density at radius 2 is 1.56 bits per heavy atom. The first-order valence-electron chi connectivity index (χ1n) is 8.70. The van der Waals surface area contributed by atoms with E-state index in [-0.39, 0.29) is 0 Å². The van der Waals surface area contributed by atoms with Gasteiger partial charge in [-0.2, -0.15) is 5.26 Å². The molecule has 0 unspecified atom stereocenters. The number of benzene rings is 2. The van der Waals surface area contributed by atoms with Crippen LogP contribution in [0.2, 0.25) is 0 Å². The third-order valence-corrected chi connectivity index (χ3v) is 7.59. The van der Waals surface area contributed by atoms with E-state index in [4.69, 9.17) is 0 Å². The monoisotopic (exact) mass is 350 g/mol. The molecule has 0 radical (unpaired) electrons. The van der Waals surface area contributed by atoms with Crippen LogP contribution in [0.25, 0.3) is 0 Å². The van der Waals surface area contributed by atoms with Crippen molar-refractivity contribution in [2.24, 2.45) is 0 Å². The molecule has 128 valence electrons. The summed E-state index contributed by atoms with van der Waals surface area (Å²) in [5, 5.41) is 14.6. The molecule has 1 aliphatic rings. The van der Waals surface area contributed by atoms with Crippen LogP contribution in [0.5, 0.6) is 0 Å². The van der Waals surface area contributed by atoms with Gasteiger partial charge in [-0.3, -0.25) is 4.57 Å². The molecule has 1 N–H and O–H groups in total. The lowest BCUT2D eigenvalue weighted by atomic mass is 9.86. The topological polar surface area (TPSA) is 52.9 Å². The SMILES string of the molecule is C[C@@](C#N)(NP(=O)(c1ccccc1)c1ccccc1)C1=CCCCC1. The van der Waals surface area contributed by atoms with Gasteiger partial charge in [0, 0.05) is 10.6 Å². The van der Waals surface area contributed by atoms with Crippen molar-refractivity contribution in [1.82, 2.24) is 5.09 Å². The molecule has 0 heterocycles. The zero-order valence-electron chi connectivity index (χ0n) is 14.5. The second-order valence-electron chi connectivity index (χ2n) is 6.60. The summed E-state index contributed by atoms with van der Waals surface area (Å²) in [5.41, 5.74) is 0.107. The Morgan fingerprint density at radius 3 is 2.00 bits per heavy atom. The fraction of sp³-hybridized carbons (Fsp3) is 0.286. The molecule has 2 aromatic rings. The van der Waals surface area contributed by atoms with Gasteiger partial charge >= 0.3 is 0 Å². The zero-order chi connectivity index (χ0) is 17.8. The van der Waals surface area contributed by atoms with Gasteiger partial charge < -0.3 is 0 Å². The summed E-state index contributed by atoms with van der Waals surface area (Å²) in [6, 6.07) is 21.2. The molecular weight excluding hydrogens is 327 g/mol. The van der Waals surface area contributed by atoms with E-state index in [1.165, 1.54) is 0 Å². The molecule has 0 fully saturated rings. The summed E-state index contributed by atoms with van der Waals surface area (Å²) in [5.74, 6) is 0. The standard InChI is InChI=1S/C21H23N2OP/c1-21(17-22,18-11-5-2-6-12-18)23-25(24,19-13-7-3-8-14-19)20-15-9-4-10-16-20/h3-4,7-11,13-16H,2,5-6,12H2,1H3,(H,23,24)/t21-/m0/s1. The number of nitrogens with one attached hydrogen (secondary N) is 1. The number of hydrogen-bond donors (Lipinski definition) is 1. The van der Waals surface area contributed by atoms with Crippen molar-refractivity contribution in [3.05, 3.63) is 72.3 Å². The molecule has 4 heteroatoms. The molecular formula is C21H23N2OP. The van der Waals surface area contributed by atoms with E-state index in [1.54, 1.807) is 0 Å². The lowest BCUT2D eigenvalue weighted by Crippen LogP contribution is -2.45. The van der Waals surface area contributed by atoms with Gasteiger partial charge in [0.05, 0.1) is 6.07 Å². The van der Waals surface area contributed by atoms with Gasteiger partial charge in [-0.15, -0.1) is 0 Å². The Hall–Kier alpha value is -2.14. The summed E-state index contributed by atoms with van der Waals surface area (Å²) in [6.07, 6.45) is 6.22. The lowest BCUT2D eigenvalue weighted by molar-refractivity contribution is 0.530. The van der Waals surface area contributed by atoms with E-state index in [0.717, 1.165) is 41.9 Å². The predicted octanol–water partition coefficient (Wildman–Crippen LogP) is 4.29. The number of rotatable bonds is 5. The smallest absolute Gasteiger partial charge is 0.206 e. The van der Waals surface area contributed by atoms with Crippen molar-refractivity contribution in [1.29, 1.82) is 5.26 Å². The van der Waals surface area contributed by atoms with Gasteiger partial charge in [-0.05, 0) is 62.4 Å². The maximum Gasteiger partial charge on any atom is 0.206 e. The normalized spacial score (nSPS) is 17.2. The fourth-order valence-electron chi connectivity index (χ4n) is 3.33. The molecule has 25 heavy (non-hydrogen) atoms. The Bertz CT molecular complexity index is 796. The second-order valence-corrected chi connectivity index (χ2v) is 9.08. The number of hydrogen-bond acceptors (Lipinski definition) is 2. The van der Waals surface area contributed by atoms with E-state index >= 15 is 0 Å². The Labute approximate surface area is 149 Å². The molecule has 0 aliphatic heterocycles. The van der Waals surface area contributed by atoms with Crippen LogP contribution in [0.15, 0.2) is 72.3 Å². The first kappa shape index (κ1) is 17.7. The van der Waals surface area contributed by atoms with E-state index < -0.39 is 12.8 Å². The predicted molar refractivity (Wildman–Crippen MR) is 103 cm³/mol. The van der Waals surface area contributed by atoms with Crippen LogP contribution in [0, 0.1) is 11.3 Å². The molecule has 0 bridgehead atoms. The van der Waals surface area contributed by atoms with Crippen molar-refractivity contribution >= 4 is 17.9 Å². The highest BCUT2D eigenvalue weighted by molar-refractivity contribution is 7.77. The van der Waals surface area contributed by atoms with Gasteiger partial charge in [-0.25, -0.2) is 5.09 Å². The molecule has 1 atom stereocenters. The third kappa shape index (κ3) is 3.61.